The van der Waals surface area contributed by atoms with Crippen LogP contribution in [0.5, 0.6) is 0 Å². The number of hydrogen-bond acceptors (Lipinski definition) is 3. The van der Waals surface area contributed by atoms with Crippen LogP contribution in [0.15, 0.2) is 36.7 Å². The van der Waals surface area contributed by atoms with E-state index < -0.39 is 0 Å². The minimum Gasteiger partial charge on any atom is -0.383 e. The summed E-state index contributed by atoms with van der Waals surface area (Å²) >= 11 is 0. The third-order valence-corrected chi connectivity index (χ3v) is 4.92. The van der Waals surface area contributed by atoms with Gasteiger partial charge in [-0.3, -0.25) is 5.21 Å². The molecule has 152 valence electrons. The molecular weight excluding hydrogens is 334 g/mol. The Morgan fingerprint density at radius 3 is 1.93 bits per heavy atom. The van der Waals surface area contributed by atoms with Gasteiger partial charge in [0.05, 0.1) is 0 Å². The lowest BCUT2D eigenvalue weighted by atomic mass is 9.90. The zero-order valence-corrected chi connectivity index (χ0v) is 18.7. The number of nitrogens with two attached hydrogens (primary N) is 1. The maximum Gasteiger partial charge on any atom is 0.225 e. The molecule has 27 heavy (non-hydrogen) atoms. The summed E-state index contributed by atoms with van der Waals surface area (Å²) in [7, 11) is 0. The third kappa shape index (κ3) is 8.42. The van der Waals surface area contributed by atoms with E-state index in [0.29, 0.717) is 29.5 Å². The highest BCUT2D eigenvalue weighted by atomic mass is 16.5. The van der Waals surface area contributed by atoms with Crippen LogP contribution in [0.1, 0.15) is 84.0 Å². The fourth-order valence-corrected chi connectivity index (χ4v) is 2.47. The smallest absolute Gasteiger partial charge is 0.225 e. The second kappa shape index (κ2) is 12.3. The molecule has 2 aromatic heterocycles. The van der Waals surface area contributed by atoms with Crippen molar-refractivity contribution in [3.63, 3.8) is 0 Å². The summed E-state index contributed by atoms with van der Waals surface area (Å²) < 4.78 is 1.11. The quantitative estimate of drug-likeness (QED) is 0.531. The zero-order valence-electron chi connectivity index (χ0n) is 18.7. The van der Waals surface area contributed by atoms with Gasteiger partial charge in [-0.25, -0.2) is 4.98 Å². The van der Waals surface area contributed by atoms with Crippen LogP contribution in [0, 0.1) is 18.8 Å². The Bertz CT molecular complexity index is 668. The Kier molecular flexibility index (Phi) is 11.4. The van der Waals surface area contributed by atoms with Crippen LogP contribution < -0.4 is 10.5 Å². The summed E-state index contributed by atoms with van der Waals surface area (Å²) in [6, 6.07) is 8.00. The van der Waals surface area contributed by atoms with E-state index in [1.165, 1.54) is 11.1 Å². The van der Waals surface area contributed by atoms with Gasteiger partial charge >= 0.3 is 0 Å². The number of pyridine rings is 2. The highest BCUT2D eigenvalue weighted by molar-refractivity contribution is 5.42. The van der Waals surface area contributed by atoms with E-state index in [1.54, 1.807) is 12.4 Å². The predicted molar refractivity (Wildman–Crippen MR) is 115 cm³/mol. The Hall–Kier alpha value is -2.10. The van der Waals surface area contributed by atoms with Gasteiger partial charge in [0.2, 0.25) is 12.4 Å². The first-order valence-electron chi connectivity index (χ1n) is 10.1. The molecule has 2 rings (SSSR count). The van der Waals surface area contributed by atoms with Gasteiger partial charge in [-0.05, 0) is 48.3 Å². The van der Waals surface area contributed by atoms with Crippen molar-refractivity contribution in [2.75, 3.05) is 5.73 Å². The van der Waals surface area contributed by atoms with Crippen molar-refractivity contribution >= 4 is 5.82 Å². The monoisotopic (exact) mass is 374 g/mol. The minimum atomic E-state index is 0.480. The lowest BCUT2D eigenvalue weighted by Gasteiger charge is -2.17. The van der Waals surface area contributed by atoms with Crippen LogP contribution in [0.2, 0.25) is 0 Å². The highest BCUT2D eigenvalue weighted by Crippen LogP contribution is 2.27. The van der Waals surface area contributed by atoms with E-state index in [2.05, 4.69) is 52.6 Å². The van der Waals surface area contributed by atoms with E-state index in [9.17, 15) is 0 Å². The number of nitrogens with zero attached hydrogens (tertiary/aromatic N) is 2. The van der Waals surface area contributed by atoms with Gasteiger partial charge < -0.3 is 5.73 Å². The number of nitrogen functional groups attached to an aromatic ring is 1. The Morgan fingerprint density at radius 1 is 0.926 bits per heavy atom. The van der Waals surface area contributed by atoms with Crippen molar-refractivity contribution in [3.05, 3.63) is 53.5 Å². The maximum atomic E-state index is 9.16. The Balaban J connectivity index is 0.000000460. The zero-order chi connectivity index (χ0) is 21.1. The molecule has 0 aromatic carbocycles. The molecule has 0 fully saturated rings. The van der Waals surface area contributed by atoms with Gasteiger partial charge in [-0.2, -0.15) is 0 Å². The molecule has 0 spiro atoms. The van der Waals surface area contributed by atoms with Crippen LogP contribution in [0.3, 0.4) is 0 Å². The third-order valence-electron chi connectivity index (χ3n) is 4.92. The first-order valence-corrected chi connectivity index (χ1v) is 10.1. The molecule has 3 N–H and O–H groups in total. The van der Waals surface area contributed by atoms with Gasteiger partial charge in [0.1, 0.15) is 5.82 Å². The molecule has 2 unspecified atom stereocenters. The van der Waals surface area contributed by atoms with Crippen LogP contribution in [-0.4, -0.2) is 10.2 Å². The summed E-state index contributed by atoms with van der Waals surface area (Å²) in [6.07, 6.45) is 3.38. The summed E-state index contributed by atoms with van der Waals surface area (Å²) in [4.78, 5) is 4.25. The van der Waals surface area contributed by atoms with E-state index >= 15 is 0 Å². The summed E-state index contributed by atoms with van der Waals surface area (Å²) in [5.74, 6) is 2.86. The number of aromatic nitrogens is 2. The Morgan fingerprint density at radius 2 is 1.48 bits per heavy atom. The normalized spacial score (nSPS) is 12.6. The first-order chi connectivity index (χ1) is 12.6. The number of aryl methyl sites for hydroxylation is 1. The van der Waals surface area contributed by atoms with Crippen molar-refractivity contribution in [1.82, 2.24) is 4.98 Å². The van der Waals surface area contributed by atoms with Crippen molar-refractivity contribution in [3.8, 4) is 0 Å². The summed E-state index contributed by atoms with van der Waals surface area (Å²) in [5.41, 5.74) is 9.18. The van der Waals surface area contributed by atoms with E-state index in [4.69, 9.17) is 10.9 Å². The number of rotatable bonds is 4. The molecule has 0 aliphatic heterocycles. The molecule has 2 heterocycles. The topological polar surface area (TPSA) is 63.0 Å². The van der Waals surface area contributed by atoms with Gasteiger partial charge in [0.15, 0.2) is 0 Å². The van der Waals surface area contributed by atoms with Gasteiger partial charge in [-0.1, -0.05) is 61.5 Å². The molecule has 0 aliphatic rings. The van der Waals surface area contributed by atoms with Crippen LogP contribution in [-0.2, 0) is 0 Å². The second-order valence-corrected chi connectivity index (χ2v) is 7.51. The average Bonchev–Trinajstić information content (AvgIpc) is 2.62. The largest absolute Gasteiger partial charge is 0.383 e. The molecule has 0 aliphatic carbocycles. The first kappa shape index (κ1) is 24.9. The summed E-state index contributed by atoms with van der Waals surface area (Å²) in [5, 5.41) is 9.16. The standard InChI is InChI=1S/C11H18N2.C10H16NO.C2H6/c1-7(2)9(4)10-6-5-8(3)13-11(10)12;1-8(2)9(3)10-5-4-6-11(12)7-10;1-2/h5-7,9H,1-4H3,(H2,12,13);4-9,12H,1-3H3;1-2H3/q;+1;. The molecule has 0 saturated carbocycles. The average molecular weight is 375 g/mol. The lowest BCUT2D eigenvalue weighted by molar-refractivity contribution is -0.905. The van der Waals surface area contributed by atoms with Gasteiger partial charge in [0, 0.05) is 22.1 Å². The fraction of sp³-hybridized carbons (Fsp3) is 0.565. The summed E-state index contributed by atoms with van der Waals surface area (Å²) in [6.45, 7) is 19.1. The van der Waals surface area contributed by atoms with Crippen LogP contribution in [0.25, 0.3) is 0 Å². The molecule has 0 saturated heterocycles. The molecule has 0 radical (unpaired) electrons. The van der Waals surface area contributed by atoms with Gasteiger partial charge in [-0.15, -0.1) is 0 Å². The van der Waals surface area contributed by atoms with Crippen LogP contribution in [0.4, 0.5) is 5.82 Å². The Labute approximate surface area is 166 Å². The predicted octanol–water partition coefficient (Wildman–Crippen LogP) is 5.73. The second-order valence-electron chi connectivity index (χ2n) is 7.51. The van der Waals surface area contributed by atoms with Crippen LogP contribution >= 0.6 is 0 Å². The fourth-order valence-electron chi connectivity index (χ4n) is 2.47. The molecule has 2 aromatic rings. The minimum absolute atomic E-state index is 0.480. The van der Waals surface area contributed by atoms with Crippen molar-refractivity contribution < 1.29 is 9.94 Å². The molecule has 2 atom stereocenters. The van der Waals surface area contributed by atoms with E-state index in [-0.39, 0.29) is 0 Å². The van der Waals surface area contributed by atoms with Crippen molar-refractivity contribution in [2.24, 2.45) is 11.8 Å². The number of hydrogen-bond donors (Lipinski definition) is 2. The molecule has 0 amide bonds. The molecule has 4 nitrogen and oxygen atoms in total. The maximum absolute atomic E-state index is 9.16. The van der Waals surface area contributed by atoms with E-state index in [1.807, 2.05) is 39.0 Å². The van der Waals surface area contributed by atoms with E-state index in [0.717, 1.165) is 10.4 Å². The molecule has 4 heteroatoms. The van der Waals surface area contributed by atoms with Crippen molar-refractivity contribution in [2.45, 2.75) is 74.1 Å². The number of anilines is 1. The molecular formula is C23H40N3O+. The van der Waals surface area contributed by atoms with Crippen molar-refractivity contribution in [1.29, 1.82) is 0 Å². The highest BCUT2D eigenvalue weighted by Gasteiger charge is 2.13. The lowest BCUT2D eigenvalue weighted by Crippen LogP contribution is -2.29. The van der Waals surface area contributed by atoms with Gasteiger partial charge in [0.25, 0.3) is 0 Å². The SMILES string of the molecule is CC.CC(C)C(C)c1ccc[n+](O)c1.Cc1ccc(C(C)C(C)C)c(N)n1. The molecule has 0 bridgehead atoms.